The standard InChI is InChI=1S/C6H12.C5H10.2CH4O/c1-2-4-6-5-3-1;1-4-5(2)3;2*1-2/h1-6H2;4H,1-3H3;2*2H,1H3. The topological polar surface area (TPSA) is 40.5 Å². The molecule has 0 bridgehead atoms. The van der Waals surface area contributed by atoms with Crippen LogP contribution in [-0.2, 0) is 0 Å². The molecule has 0 aliphatic heterocycles. The number of hydrogen-bond acceptors (Lipinski definition) is 2. The fraction of sp³-hybridized carbons (Fsp3) is 0.846. The van der Waals surface area contributed by atoms with E-state index in [1.165, 1.54) is 44.1 Å². The highest BCUT2D eigenvalue weighted by Gasteiger charge is 1.95. The summed E-state index contributed by atoms with van der Waals surface area (Å²) in [4.78, 5) is 0. The highest BCUT2D eigenvalue weighted by molar-refractivity contribution is 4.88. The Balaban J connectivity index is -0.000000146. The van der Waals surface area contributed by atoms with E-state index in [1.807, 2.05) is 6.92 Å². The predicted octanol–water partition coefficient (Wildman–Crippen LogP) is 3.53. The Bertz CT molecular complexity index is 89.6. The summed E-state index contributed by atoms with van der Waals surface area (Å²) in [5.74, 6) is 0. The first-order chi connectivity index (χ1) is 7.27. The lowest BCUT2D eigenvalue weighted by atomic mass is 10.0. The van der Waals surface area contributed by atoms with Crippen molar-refractivity contribution in [3.63, 3.8) is 0 Å². The van der Waals surface area contributed by atoms with Gasteiger partial charge in [0.25, 0.3) is 0 Å². The van der Waals surface area contributed by atoms with E-state index < -0.39 is 0 Å². The average Bonchev–Trinajstić information content (AvgIpc) is 2.37. The summed E-state index contributed by atoms with van der Waals surface area (Å²) in [6, 6.07) is 0. The number of aliphatic hydroxyl groups is 2. The van der Waals surface area contributed by atoms with Crippen molar-refractivity contribution in [2.24, 2.45) is 0 Å². The summed E-state index contributed by atoms with van der Waals surface area (Å²) >= 11 is 0. The van der Waals surface area contributed by atoms with Crippen LogP contribution in [0.2, 0.25) is 0 Å². The third-order valence-corrected chi connectivity index (χ3v) is 2.08. The quantitative estimate of drug-likeness (QED) is 0.611. The maximum absolute atomic E-state index is 7.00. The van der Waals surface area contributed by atoms with E-state index in [0.717, 1.165) is 14.2 Å². The first kappa shape index (κ1) is 20.1. The van der Waals surface area contributed by atoms with Crippen molar-refractivity contribution in [1.82, 2.24) is 0 Å². The Morgan fingerprint density at radius 1 is 0.733 bits per heavy atom. The molecule has 1 aliphatic carbocycles. The normalized spacial score (nSPS) is 12.7. The van der Waals surface area contributed by atoms with Gasteiger partial charge in [0.05, 0.1) is 0 Å². The van der Waals surface area contributed by atoms with Crippen LogP contribution in [0.25, 0.3) is 0 Å². The van der Waals surface area contributed by atoms with Gasteiger partial charge in [0, 0.05) is 14.2 Å². The Hall–Kier alpha value is -0.340. The van der Waals surface area contributed by atoms with Gasteiger partial charge in [-0.2, -0.15) is 0 Å². The predicted molar refractivity (Wildman–Crippen MR) is 69.1 cm³/mol. The molecule has 1 fully saturated rings. The molecule has 0 atom stereocenters. The van der Waals surface area contributed by atoms with Gasteiger partial charge in [-0.3, -0.25) is 0 Å². The highest BCUT2D eigenvalue weighted by Crippen LogP contribution is 2.15. The zero-order valence-corrected chi connectivity index (χ0v) is 11.2. The van der Waals surface area contributed by atoms with Crippen molar-refractivity contribution < 1.29 is 10.2 Å². The SMILES string of the molecule is C1CCCCC1.CC=C(C)C.CO.CO. The minimum Gasteiger partial charge on any atom is -0.400 e. The van der Waals surface area contributed by atoms with Gasteiger partial charge in [-0.25, -0.2) is 0 Å². The van der Waals surface area contributed by atoms with Gasteiger partial charge >= 0.3 is 0 Å². The number of rotatable bonds is 0. The van der Waals surface area contributed by atoms with Crippen LogP contribution in [0.15, 0.2) is 11.6 Å². The van der Waals surface area contributed by atoms with Crippen molar-refractivity contribution in [1.29, 1.82) is 0 Å². The molecule has 1 rings (SSSR count). The minimum atomic E-state index is 1.00. The number of aliphatic hydroxyl groups excluding tert-OH is 2. The largest absolute Gasteiger partial charge is 0.400 e. The molecule has 0 spiro atoms. The first-order valence-electron chi connectivity index (χ1n) is 5.76. The number of allylic oxidation sites excluding steroid dienone is 2. The fourth-order valence-electron chi connectivity index (χ4n) is 1.06. The maximum Gasteiger partial charge on any atom is 0.0319 e. The van der Waals surface area contributed by atoms with Gasteiger partial charge in [-0.05, 0) is 20.8 Å². The molecule has 2 nitrogen and oxygen atoms in total. The summed E-state index contributed by atoms with van der Waals surface area (Å²) in [6.45, 7) is 6.20. The average molecular weight is 218 g/mol. The molecule has 0 aromatic rings. The van der Waals surface area contributed by atoms with Crippen molar-refractivity contribution in [3.05, 3.63) is 11.6 Å². The monoisotopic (exact) mass is 218 g/mol. The second-order valence-corrected chi connectivity index (χ2v) is 3.49. The summed E-state index contributed by atoms with van der Waals surface area (Å²) in [6.07, 6.45) is 11.1. The third-order valence-electron chi connectivity index (χ3n) is 2.08. The molecule has 0 heterocycles. The lowest BCUT2D eigenvalue weighted by Crippen LogP contribution is -1.85. The van der Waals surface area contributed by atoms with E-state index in [9.17, 15) is 0 Å². The molecule has 0 aromatic heterocycles. The van der Waals surface area contributed by atoms with Crippen molar-refractivity contribution in [2.75, 3.05) is 14.2 Å². The van der Waals surface area contributed by atoms with Crippen molar-refractivity contribution >= 4 is 0 Å². The Morgan fingerprint density at radius 2 is 0.867 bits per heavy atom. The lowest BCUT2D eigenvalue weighted by Gasteiger charge is -2.05. The molecule has 0 saturated heterocycles. The van der Waals surface area contributed by atoms with E-state index in [1.54, 1.807) is 0 Å². The summed E-state index contributed by atoms with van der Waals surface area (Å²) in [5.41, 5.74) is 1.38. The van der Waals surface area contributed by atoms with Gasteiger partial charge in [-0.1, -0.05) is 50.2 Å². The van der Waals surface area contributed by atoms with Gasteiger partial charge in [0.1, 0.15) is 0 Å². The molecule has 94 valence electrons. The summed E-state index contributed by atoms with van der Waals surface area (Å²) in [7, 11) is 2.00. The Kier molecular flexibility index (Phi) is 31.5. The fourth-order valence-corrected chi connectivity index (χ4v) is 1.06. The molecule has 0 radical (unpaired) electrons. The van der Waals surface area contributed by atoms with Crippen LogP contribution in [0.5, 0.6) is 0 Å². The molecule has 2 heteroatoms. The van der Waals surface area contributed by atoms with E-state index in [-0.39, 0.29) is 0 Å². The van der Waals surface area contributed by atoms with E-state index in [0.29, 0.717) is 0 Å². The van der Waals surface area contributed by atoms with Crippen LogP contribution in [0, 0.1) is 0 Å². The highest BCUT2D eigenvalue weighted by atomic mass is 16.2. The maximum atomic E-state index is 7.00. The van der Waals surface area contributed by atoms with Crippen molar-refractivity contribution in [3.8, 4) is 0 Å². The van der Waals surface area contributed by atoms with Gasteiger partial charge < -0.3 is 10.2 Å². The second-order valence-electron chi connectivity index (χ2n) is 3.49. The van der Waals surface area contributed by atoms with Gasteiger partial charge in [0.2, 0.25) is 0 Å². The Morgan fingerprint density at radius 3 is 0.933 bits per heavy atom. The zero-order chi connectivity index (χ0) is 12.5. The third kappa shape index (κ3) is 31.7. The van der Waals surface area contributed by atoms with Crippen LogP contribution in [-0.4, -0.2) is 24.4 Å². The summed E-state index contributed by atoms with van der Waals surface area (Å²) < 4.78 is 0. The van der Waals surface area contributed by atoms with Gasteiger partial charge in [-0.15, -0.1) is 0 Å². The molecule has 0 aromatic carbocycles. The van der Waals surface area contributed by atoms with Crippen molar-refractivity contribution in [2.45, 2.75) is 59.3 Å². The molecule has 15 heavy (non-hydrogen) atoms. The lowest BCUT2D eigenvalue weighted by molar-refractivity contribution is 0.399. The molecule has 1 saturated carbocycles. The molecule has 2 N–H and O–H groups in total. The molecule has 0 unspecified atom stereocenters. The minimum absolute atomic E-state index is 1.00. The van der Waals surface area contributed by atoms with Crippen LogP contribution in [0.4, 0.5) is 0 Å². The second kappa shape index (κ2) is 23.5. The van der Waals surface area contributed by atoms with Crippen LogP contribution in [0.1, 0.15) is 59.3 Å². The van der Waals surface area contributed by atoms with Crippen LogP contribution >= 0.6 is 0 Å². The number of hydrogen-bond donors (Lipinski definition) is 2. The van der Waals surface area contributed by atoms with E-state index in [2.05, 4.69) is 19.9 Å². The van der Waals surface area contributed by atoms with Crippen LogP contribution in [0.3, 0.4) is 0 Å². The summed E-state index contributed by atoms with van der Waals surface area (Å²) in [5, 5.41) is 14.0. The first-order valence-corrected chi connectivity index (χ1v) is 5.76. The molecular formula is C13H30O2. The molecular weight excluding hydrogens is 188 g/mol. The van der Waals surface area contributed by atoms with E-state index >= 15 is 0 Å². The smallest absolute Gasteiger partial charge is 0.0319 e. The molecule has 0 amide bonds. The van der Waals surface area contributed by atoms with Gasteiger partial charge in [0.15, 0.2) is 0 Å². The molecule has 1 aliphatic rings. The van der Waals surface area contributed by atoms with E-state index in [4.69, 9.17) is 10.2 Å². The van der Waals surface area contributed by atoms with Crippen LogP contribution < -0.4 is 0 Å². The Labute approximate surface area is 96.0 Å². The zero-order valence-electron chi connectivity index (χ0n) is 11.2.